The maximum Gasteiger partial charge on any atom is 0.255 e. The predicted octanol–water partition coefficient (Wildman–Crippen LogP) is 4.94. The summed E-state index contributed by atoms with van der Waals surface area (Å²) in [6, 6.07) is 11.3. The van der Waals surface area contributed by atoms with Crippen molar-refractivity contribution in [3.63, 3.8) is 0 Å². The van der Waals surface area contributed by atoms with Crippen LogP contribution in [0.5, 0.6) is 0 Å². The highest BCUT2D eigenvalue weighted by molar-refractivity contribution is 6.30. The molecule has 31 heavy (non-hydrogen) atoms. The van der Waals surface area contributed by atoms with Crippen LogP contribution in [0.2, 0.25) is 5.02 Å². The van der Waals surface area contributed by atoms with Gasteiger partial charge in [0, 0.05) is 10.7 Å². The Morgan fingerprint density at radius 1 is 1.06 bits per heavy atom. The smallest absolute Gasteiger partial charge is 0.255 e. The molecule has 2 N–H and O–H groups in total. The van der Waals surface area contributed by atoms with Gasteiger partial charge in [-0.2, -0.15) is 5.10 Å². The number of carbonyl (C=O) groups is 2. The lowest BCUT2D eigenvalue weighted by Crippen LogP contribution is -2.33. The number of rotatable bonds is 6. The maximum absolute atomic E-state index is 12.8. The molecule has 2 aromatic carbocycles. The average molecular weight is 439 g/mol. The van der Waals surface area contributed by atoms with Crippen LogP contribution < -0.4 is 10.6 Å². The number of carbonyl (C=O) groups excluding carboxylic acids is 2. The van der Waals surface area contributed by atoms with Crippen LogP contribution in [0.1, 0.15) is 52.5 Å². The van der Waals surface area contributed by atoms with Gasteiger partial charge in [0.15, 0.2) is 0 Å². The van der Waals surface area contributed by atoms with Crippen LogP contribution >= 0.6 is 11.6 Å². The highest BCUT2D eigenvalue weighted by Crippen LogP contribution is 2.24. The zero-order valence-electron chi connectivity index (χ0n) is 18.4. The van der Waals surface area contributed by atoms with Gasteiger partial charge in [-0.25, -0.2) is 4.68 Å². The molecule has 1 aromatic heterocycles. The van der Waals surface area contributed by atoms with Crippen molar-refractivity contribution in [3.8, 4) is 5.69 Å². The summed E-state index contributed by atoms with van der Waals surface area (Å²) in [5, 5.41) is 10.6. The van der Waals surface area contributed by atoms with E-state index in [0.717, 1.165) is 33.8 Å². The fraction of sp³-hybridized carbons (Fsp3) is 0.292. The Morgan fingerprint density at radius 3 is 2.26 bits per heavy atom. The molecule has 0 aliphatic rings. The lowest BCUT2D eigenvalue weighted by atomic mass is 10.0. The van der Waals surface area contributed by atoms with Crippen molar-refractivity contribution in [1.82, 2.24) is 15.1 Å². The lowest BCUT2D eigenvalue weighted by Gasteiger charge is -2.14. The van der Waals surface area contributed by atoms with E-state index < -0.39 is 0 Å². The van der Waals surface area contributed by atoms with E-state index in [1.165, 1.54) is 6.20 Å². The van der Waals surface area contributed by atoms with E-state index in [4.69, 9.17) is 11.6 Å². The number of aryl methyl sites for hydroxylation is 3. The number of halogens is 1. The van der Waals surface area contributed by atoms with Crippen LogP contribution in [0.4, 0.5) is 5.69 Å². The van der Waals surface area contributed by atoms with E-state index in [9.17, 15) is 9.59 Å². The standard InChI is InChI=1S/C24H27ClN4O2/c1-14(2)23-20(12-27-29(23)19-8-6-18(25)7-9-19)24(31)26-13-21(30)28-22-16(4)10-15(3)11-17(22)5/h6-12,14H,13H2,1-5H3,(H,26,31)(H,28,30). The van der Waals surface area contributed by atoms with E-state index in [0.29, 0.717) is 10.6 Å². The van der Waals surface area contributed by atoms with Gasteiger partial charge in [-0.1, -0.05) is 43.1 Å². The first-order valence-electron chi connectivity index (χ1n) is 10.2. The van der Waals surface area contributed by atoms with Crippen molar-refractivity contribution in [2.75, 3.05) is 11.9 Å². The molecule has 3 aromatic rings. The second kappa shape index (κ2) is 9.35. The largest absolute Gasteiger partial charge is 0.343 e. The molecule has 3 rings (SSSR count). The Hall–Kier alpha value is -3.12. The fourth-order valence-electron chi connectivity index (χ4n) is 3.69. The van der Waals surface area contributed by atoms with Crippen LogP contribution in [0.15, 0.2) is 42.6 Å². The van der Waals surface area contributed by atoms with Gasteiger partial charge in [-0.3, -0.25) is 9.59 Å². The molecule has 0 spiro atoms. The summed E-state index contributed by atoms with van der Waals surface area (Å²) >= 11 is 5.98. The third kappa shape index (κ3) is 5.14. The second-order valence-electron chi connectivity index (χ2n) is 7.99. The molecule has 0 saturated carbocycles. The predicted molar refractivity (Wildman–Crippen MR) is 124 cm³/mol. The summed E-state index contributed by atoms with van der Waals surface area (Å²) in [6.45, 7) is 9.78. The summed E-state index contributed by atoms with van der Waals surface area (Å²) in [6.07, 6.45) is 1.53. The van der Waals surface area contributed by atoms with Crippen LogP contribution in [0.3, 0.4) is 0 Å². The molecule has 0 aliphatic heterocycles. The lowest BCUT2D eigenvalue weighted by molar-refractivity contribution is -0.115. The van der Waals surface area contributed by atoms with Gasteiger partial charge in [-0.15, -0.1) is 0 Å². The SMILES string of the molecule is Cc1cc(C)c(NC(=O)CNC(=O)c2cnn(-c3ccc(Cl)cc3)c2C(C)C)c(C)c1. The highest BCUT2D eigenvalue weighted by atomic mass is 35.5. The molecular weight excluding hydrogens is 412 g/mol. The van der Waals surface area contributed by atoms with Gasteiger partial charge in [-0.05, 0) is 62.1 Å². The first kappa shape index (κ1) is 22.6. The Morgan fingerprint density at radius 2 is 1.68 bits per heavy atom. The van der Waals surface area contributed by atoms with E-state index in [-0.39, 0.29) is 24.3 Å². The molecule has 0 unspecified atom stereocenters. The van der Waals surface area contributed by atoms with Crippen molar-refractivity contribution in [2.24, 2.45) is 0 Å². The highest BCUT2D eigenvalue weighted by Gasteiger charge is 2.21. The number of nitrogens with zero attached hydrogens (tertiary/aromatic N) is 2. The topological polar surface area (TPSA) is 76.0 Å². The quantitative estimate of drug-likeness (QED) is 0.572. The van der Waals surface area contributed by atoms with Crippen LogP contribution in [-0.4, -0.2) is 28.1 Å². The third-order valence-electron chi connectivity index (χ3n) is 5.02. The van der Waals surface area contributed by atoms with Crippen molar-refractivity contribution in [3.05, 3.63) is 75.6 Å². The van der Waals surface area contributed by atoms with Crippen molar-refractivity contribution >= 4 is 29.1 Å². The summed E-state index contributed by atoms with van der Waals surface area (Å²) in [5.41, 5.74) is 5.93. The number of hydrogen-bond acceptors (Lipinski definition) is 3. The summed E-state index contributed by atoms with van der Waals surface area (Å²) in [5.74, 6) is -0.568. The molecule has 0 bridgehead atoms. The molecule has 2 amide bonds. The Labute approximate surface area is 187 Å². The molecule has 162 valence electrons. The number of hydrogen-bond donors (Lipinski definition) is 2. The van der Waals surface area contributed by atoms with Crippen molar-refractivity contribution in [1.29, 1.82) is 0 Å². The number of amides is 2. The first-order chi connectivity index (χ1) is 14.7. The number of aromatic nitrogens is 2. The van der Waals surface area contributed by atoms with Gasteiger partial charge in [0.1, 0.15) is 0 Å². The monoisotopic (exact) mass is 438 g/mol. The fourth-order valence-corrected chi connectivity index (χ4v) is 3.82. The number of benzene rings is 2. The third-order valence-corrected chi connectivity index (χ3v) is 5.27. The summed E-state index contributed by atoms with van der Waals surface area (Å²) < 4.78 is 1.73. The molecule has 0 atom stereocenters. The van der Waals surface area contributed by atoms with E-state index in [2.05, 4.69) is 15.7 Å². The number of nitrogens with one attached hydrogen (secondary N) is 2. The average Bonchev–Trinajstić information content (AvgIpc) is 3.15. The van der Waals surface area contributed by atoms with Crippen LogP contribution in [0, 0.1) is 20.8 Å². The van der Waals surface area contributed by atoms with Gasteiger partial charge in [0.05, 0.1) is 29.7 Å². The van der Waals surface area contributed by atoms with Gasteiger partial charge >= 0.3 is 0 Å². The minimum absolute atomic E-state index is 0.0469. The Balaban J connectivity index is 1.74. The Bertz CT molecular complexity index is 1090. The van der Waals surface area contributed by atoms with Crippen LogP contribution in [-0.2, 0) is 4.79 Å². The molecule has 0 saturated heterocycles. The molecular formula is C24H27ClN4O2. The normalized spacial score (nSPS) is 10.9. The van der Waals surface area contributed by atoms with Crippen molar-refractivity contribution in [2.45, 2.75) is 40.5 Å². The molecule has 7 heteroatoms. The Kier molecular flexibility index (Phi) is 6.81. The van der Waals surface area contributed by atoms with Crippen LogP contribution in [0.25, 0.3) is 5.69 Å². The van der Waals surface area contributed by atoms with E-state index in [1.807, 2.05) is 58.9 Å². The minimum atomic E-state index is -0.337. The summed E-state index contributed by atoms with van der Waals surface area (Å²) in [4.78, 5) is 25.3. The molecule has 0 radical (unpaired) electrons. The zero-order valence-corrected chi connectivity index (χ0v) is 19.2. The zero-order chi connectivity index (χ0) is 22.7. The molecule has 0 aliphatic carbocycles. The minimum Gasteiger partial charge on any atom is -0.343 e. The molecule has 0 fully saturated rings. The van der Waals surface area contributed by atoms with Gasteiger partial charge < -0.3 is 10.6 Å². The second-order valence-corrected chi connectivity index (χ2v) is 8.43. The maximum atomic E-state index is 12.8. The van der Waals surface area contributed by atoms with Crippen molar-refractivity contribution < 1.29 is 9.59 Å². The number of anilines is 1. The first-order valence-corrected chi connectivity index (χ1v) is 10.5. The molecule has 6 nitrogen and oxygen atoms in total. The summed E-state index contributed by atoms with van der Waals surface area (Å²) in [7, 11) is 0. The van der Waals surface area contributed by atoms with Gasteiger partial charge in [0.25, 0.3) is 5.91 Å². The molecule has 1 heterocycles. The van der Waals surface area contributed by atoms with Gasteiger partial charge in [0.2, 0.25) is 5.91 Å². The van der Waals surface area contributed by atoms with E-state index >= 15 is 0 Å². The van der Waals surface area contributed by atoms with E-state index in [1.54, 1.807) is 16.8 Å².